The van der Waals surface area contributed by atoms with Crippen LogP contribution in [0.15, 0.2) is 30.3 Å². The Morgan fingerprint density at radius 1 is 0.950 bits per heavy atom. The highest BCUT2D eigenvalue weighted by atomic mass is 16.2. The molecular weight excluding hydrogens is 252 g/mol. The number of amides is 2. The van der Waals surface area contributed by atoms with Crippen LogP contribution in [-0.4, -0.2) is 36.9 Å². The predicted molar refractivity (Wildman–Crippen MR) is 77.2 cm³/mol. The number of carbonyl (C=O) groups excluding carboxylic acids is 2. The third-order valence-electron chi connectivity index (χ3n) is 4.28. The number of nitrogens with zero attached hydrogens (tertiary/aromatic N) is 2. The Morgan fingerprint density at radius 3 is 2.30 bits per heavy atom. The Kier molecular flexibility index (Phi) is 2.19. The second-order valence-corrected chi connectivity index (χ2v) is 5.37. The average molecular weight is 266 g/mol. The zero-order valence-electron chi connectivity index (χ0n) is 11.2. The third kappa shape index (κ3) is 1.31. The molecule has 0 bridgehead atoms. The quantitative estimate of drug-likeness (QED) is 0.743. The molecule has 4 rings (SSSR count). The molecule has 2 aromatic rings. The van der Waals surface area contributed by atoms with E-state index in [9.17, 15) is 9.59 Å². The van der Waals surface area contributed by atoms with E-state index in [0.717, 1.165) is 29.5 Å². The van der Waals surface area contributed by atoms with E-state index in [0.29, 0.717) is 11.1 Å². The Labute approximate surface area is 116 Å². The van der Waals surface area contributed by atoms with E-state index in [4.69, 9.17) is 0 Å². The molecule has 0 radical (unpaired) electrons. The first kappa shape index (κ1) is 11.5. The lowest BCUT2D eigenvalue weighted by molar-refractivity contribution is 0.0651. The molecule has 0 atom stereocenters. The van der Waals surface area contributed by atoms with Crippen molar-refractivity contribution in [3.63, 3.8) is 0 Å². The Morgan fingerprint density at radius 2 is 1.65 bits per heavy atom. The van der Waals surface area contributed by atoms with Gasteiger partial charge in [0.1, 0.15) is 0 Å². The molecule has 4 nitrogen and oxygen atoms in total. The summed E-state index contributed by atoms with van der Waals surface area (Å²) in [6.45, 7) is 2.08. The minimum atomic E-state index is -0.214. The standard InChI is InChI=1S/C16H14N2O2/c1-17-15(19)11-5-2-4-10-13(18-8-3-9-18)7-6-12(14(10)11)16(17)20/h2,4-7H,3,8-9H2,1H3. The van der Waals surface area contributed by atoms with Crippen LogP contribution in [0.2, 0.25) is 0 Å². The second kappa shape index (κ2) is 3.82. The van der Waals surface area contributed by atoms with Gasteiger partial charge in [-0.05, 0) is 24.6 Å². The molecule has 2 aliphatic heterocycles. The summed E-state index contributed by atoms with van der Waals surface area (Å²) in [5.41, 5.74) is 2.38. The molecule has 20 heavy (non-hydrogen) atoms. The van der Waals surface area contributed by atoms with Crippen LogP contribution in [0.5, 0.6) is 0 Å². The number of imide groups is 1. The lowest BCUT2D eigenvalue weighted by Crippen LogP contribution is -2.39. The highest BCUT2D eigenvalue weighted by Gasteiger charge is 2.31. The van der Waals surface area contributed by atoms with Crippen molar-refractivity contribution in [2.24, 2.45) is 0 Å². The molecular formula is C16H14N2O2. The van der Waals surface area contributed by atoms with Crippen LogP contribution in [0.3, 0.4) is 0 Å². The largest absolute Gasteiger partial charge is 0.371 e. The van der Waals surface area contributed by atoms with Gasteiger partial charge in [0.25, 0.3) is 11.8 Å². The number of hydrogen-bond donors (Lipinski definition) is 0. The first-order valence-corrected chi connectivity index (χ1v) is 6.81. The molecule has 100 valence electrons. The van der Waals surface area contributed by atoms with Crippen molar-refractivity contribution in [2.75, 3.05) is 25.0 Å². The van der Waals surface area contributed by atoms with Gasteiger partial charge in [-0.2, -0.15) is 0 Å². The minimum Gasteiger partial charge on any atom is -0.371 e. The summed E-state index contributed by atoms with van der Waals surface area (Å²) in [6.07, 6.45) is 1.20. The van der Waals surface area contributed by atoms with Crippen LogP contribution in [0.25, 0.3) is 10.8 Å². The zero-order chi connectivity index (χ0) is 13.9. The molecule has 4 heteroatoms. The van der Waals surface area contributed by atoms with E-state index in [1.54, 1.807) is 6.07 Å². The van der Waals surface area contributed by atoms with Gasteiger partial charge in [-0.3, -0.25) is 14.5 Å². The average Bonchev–Trinajstić information content (AvgIpc) is 2.41. The molecule has 2 aromatic carbocycles. The van der Waals surface area contributed by atoms with Crippen molar-refractivity contribution in [1.29, 1.82) is 0 Å². The fraction of sp³-hybridized carbons (Fsp3) is 0.250. The molecule has 2 heterocycles. The number of hydrogen-bond acceptors (Lipinski definition) is 3. The summed E-state index contributed by atoms with van der Waals surface area (Å²) in [4.78, 5) is 28.0. The van der Waals surface area contributed by atoms with Gasteiger partial charge in [0, 0.05) is 47.7 Å². The molecule has 0 saturated carbocycles. The summed E-state index contributed by atoms with van der Waals surface area (Å²) in [7, 11) is 1.54. The van der Waals surface area contributed by atoms with Gasteiger partial charge >= 0.3 is 0 Å². The minimum absolute atomic E-state index is 0.214. The summed E-state index contributed by atoms with van der Waals surface area (Å²) >= 11 is 0. The van der Waals surface area contributed by atoms with E-state index in [-0.39, 0.29) is 11.8 Å². The smallest absolute Gasteiger partial charge is 0.261 e. The normalized spacial score (nSPS) is 17.6. The van der Waals surface area contributed by atoms with Crippen LogP contribution in [-0.2, 0) is 0 Å². The molecule has 0 aliphatic carbocycles. The van der Waals surface area contributed by atoms with E-state index >= 15 is 0 Å². The van der Waals surface area contributed by atoms with Crippen molar-refractivity contribution in [3.05, 3.63) is 41.5 Å². The molecule has 1 saturated heterocycles. The highest BCUT2D eigenvalue weighted by molar-refractivity contribution is 6.26. The maximum absolute atomic E-state index is 12.3. The Hall–Kier alpha value is -2.36. The molecule has 2 aliphatic rings. The highest BCUT2D eigenvalue weighted by Crippen LogP contribution is 2.36. The predicted octanol–water partition coefficient (Wildman–Crippen LogP) is 2.28. The first-order valence-electron chi connectivity index (χ1n) is 6.81. The fourth-order valence-corrected chi connectivity index (χ4v) is 3.03. The van der Waals surface area contributed by atoms with E-state index in [2.05, 4.69) is 4.90 Å². The monoisotopic (exact) mass is 266 g/mol. The van der Waals surface area contributed by atoms with Crippen molar-refractivity contribution in [1.82, 2.24) is 4.90 Å². The maximum atomic E-state index is 12.3. The second-order valence-electron chi connectivity index (χ2n) is 5.37. The van der Waals surface area contributed by atoms with Crippen molar-refractivity contribution < 1.29 is 9.59 Å². The van der Waals surface area contributed by atoms with Crippen molar-refractivity contribution in [2.45, 2.75) is 6.42 Å². The third-order valence-corrected chi connectivity index (χ3v) is 4.28. The molecule has 1 fully saturated rings. The van der Waals surface area contributed by atoms with E-state index < -0.39 is 0 Å². The first-order chi connectivity index (χ1) is 9.68. The fourth-order valence-electron chi connectivity index (χ4n) is 3.03. The van der Waals surface area contributed by atoms with Crippen LogP contribution >= 0.6 is 0 Å². The molecule has 2 amide bonds. The van der Waals surface area contributed by atoms with Gasteiger partial charge in [-0.25, -0.2) is 0 Å². The van der Waals surface area contributed by atoms with Gasteiger partial charge in [-0.15, -0.1) is 0 Å². The lowest BCUT2D eigenvalue weighted by atomic mass is 9.92. The Balaban J connectivity index is 2.08. The van der Waals surface area contributed by atoms with Crippen molar-refractivity contribution in [3.8, 4) is 0 Å². The van der Waals surface area contributed by atoms with Crippen LogP contribution in [0.1, 0.15) is 27.1 Å². The SMILES string of the molecule is CN1C(=O)c2cccc3c(N4CCC4)ccc(c23)C1=O. The molecule has 0 N–H and O–H groups in total. The zero-order valence-corrected chi connectivity index (χ0v) is 11.2. The summed E-state index contributed by atoms with van der Waals surface area (Å²) in [5.74, 6) is -0.428. The van der Waals surface area contributed by atoms with Gasteiger partial charge < -0.3 is 4.90 Å². The maximum Gasteiger partial charge on any atom is 0.261 e. The topological polar surface area (TPSA) is 40.6 Å². The van der Waals surface area contributed by atoms with E-state index in [1.165, 1.54) is 18.4 Å². The number of benzene rings is 2. The van der Waals surface area contributed by atoms with Crippen molar-refractivity contribution >= 4 is 28.3 Å². The summed E-state index contributed by atoms with van der Waals surface area (Å²) < 4.78 is 0. The lowest BCUT2D eigenvalue weighted by Gasteiger charge is -2.35. The summed E-state index contributed by atoms with van der Waals surface area (Å²) in [5, 5.41) is 1.82. The molecule has 0 unspecified atom stereocenters. The molecule has 0 aromatic heterocycles. The van der Waals surface area contributed by atoms with Crippen LogP contribution in [0, 0.1) is 0 Å². The van der Waals surface area contributed by atoms with Crippen LogP contribution in [0.4, 0.5) is 5.69 Å². The van der Waals surface area contributed by atoms with Gasteiger partial charge in [0.2, 0.25) is 0 Å². The van der Waals surface area contributed by atoms with Gasteiger partial charge in [-0.1, -0.05) is 12.1 Å². The number of rotatable bonds is 1. The molecule has 0 spiro atoms. The summed E-state index contributed by atoms with van der Waals surface area (Å²) in [6, 6.07) is 9.55. The Bertz CT molecular complexity index is 740. The van der Waals surface area contributed by atoms with Crippen LogP contribution < -0.4 is 4.90 Å². The van der Waals surface area contributed by atoms with E-state index in [1.807, 2.05) is 24.3 Å². The number of anilines is 1. The van der Waals surface area contributed by atoms with Gasteiger partial charge in [0.05, 0.1) is 0 Å². The van der Waals surface area contributed by atoms with Gasteiger partial charge in [0.15, 0.2) is 0 Å². The number of carbonyl (C=O) groups is 2.